The molecule has 0 aliphatic carbocycles. The Morgan fingerprint density at radius 3 is 1.89 bits per heavy atom. The molecule has 0 spiro atoms. The topological polar surface area (TPSA) is 104 Å². The number of benzene rings is 1. The average Bonchev–Trinajstić information content (AvgIpc) is 2.64. The predicted octanol–water partition coefficient (Wildman–Crippen LogP) is 2.81. The second-order valence-electron chi connectivity index (χ2n) is 8.35. The molecule has 27 heavy (non-hydrogen) atoms. The molecule has 0 radical (unpaired) electrons. The molecule has 0 aliphatic heterocycles. The van der Waals surface area contributed by atoms with Crippen LogP contribution in [0.3, 0.4) is 0 Å². The normalized spacial score (nSPS) is 12.0. The van der Waals surface area contributed by atoms with Gasteiger partial charge in [0.1, 0.15) is 5.75 Å². The third kappa shape index (κ3) is 5.70. The van der Waals surface area contributed by atoms with E-state index in [1.807, 2.05) is 5.43 Å². The lowest BCUT2D eigenvalue weighted by Gasteiger charge is -2.31. The van der Waals surface area contributed by atoms with E-state index in [2.05, 4.69) is 59.0 Å². The highest BCUT2D eigenvalue weighted by Crippen LogP contribution is 2.42. The summed E-state index contributed by atoms with van der Waals surface area (Å²) in [5, 5.41) is 13.5. The van der Waals surface area contributed by atoms with Crippen molar-refractivity contribution in [2.24, 2.45) is 5.84 Å². The molecule has 0 saturated carbocycles. The molecular weight excluding hydrogens is 342 g/mol. The smallest absolute Gasteiger partial charge is 0.323 e. The van der Waals surface area contributed by atoms with Crippen LogP contribution in [0.15, 0.2) is 12.1 Å². The first-order chi connectivity index (χ1) is 12.5. The average molecular weight is 378 g/mol. The highest BCUT2D eigenvalue weighted by atomic mass is 16.3. The van der Waals surface area contributed by atoms with Crippen molar-refractivity contribution < 1.29 is 14.7 Å². The largest absolute Gasteiger partial charge is 0.507 e. The lowest BCUT2D eigenvalue weighted by Crippen LogP contribution is -2.43. The minimum absolute atomic E-state index is 0.133. The Morgan fingerprint density at radius 1 is 1.00 bits per heavy atom. The minimum atomic E-state index is -0.849. The summed E-state index contributed by atoms with van der Waals surface area (Å²) in [6, 6.07) is 4.14. The van der Waals surface area contributed by atoms with Gasteiger partial charge in [-0.1, -0.05) is 53.7 Å². The van der Waals surface area contributed by atoms with Crippen LogP contribution in [0, 0.1) is 0 Å². The van der Waals surface area contributed by atoms with Gasteiger partial charge in [0.15, 0.2) is 0 Å². The maximum atomic E-state index is 11.4. The van der Waals surface area contributed by atoms with Crippen LogP contribution in [0.2, 0.25) is 0 Å². The number of phenolic OH excluding ortho intramolecular Hbond substituents is 1. The van der Waals surface area contributed by atoms with Gasteiger partial charge in [0.05, 0.1) is 0 Å². The van der Waals surface area contributed by atoms with E-state index in [0.29, 0.717) is 18.7 Å². The first-order valence-electron chi connectivity index (χ1n) is 9.65. The lowest BCUT2D eigenvalue weighted by atomic mass is 9.74. The molecule has 0 unspecified atom stereocenters. The van der Waals surface area contributed by atoms with Crippen molar-refractivity contribution in [3.63, 3.8) is 0 Å². The molecule has 0 fully saturated rings. The van der Waals surface area contributed by atoms with E-state index in [1.54, 1.807) is 0 Å². The van der Waals surface area contributed by atoms with Gasteiger partial charge in [-0.2, -0.15) is 0 Å². The van der Waals surface area contributed by atoms with Crippen molar-refractivity contribution in [1.82, 2.24) is 10.7 Å². The number of carbonyl (C=O) groups excluding carboxylic acids is 2. The van der Waals surface area contributed by atoms with Crippen LogP contribution < -0.4 is 16.6 Å². The summed E-state index contributed by atoms with van der Waals surface area (Å²) in [7, 11) is 0. The molecule has 2 amide bonds. The fraction of sp³-hybridized carbons (Fsp3) is 0.619. The number of hydrogen-bond acceptors (Lipinski definition) is 4. The maximum absolute atomic E-state index is 11.4. The first-order valence-corrected chi connectivity index (χ1v) is 9.65. The lowest BCUT2D eigenvalue weighted by molar-refractivity contribution is -0.139. The van der Waals surface area contributed by atoms with E-state index in [-0.39, 0.29) is 10.8 Å². The third-order valence-corrected chi connectivity index (χ3v) is 5.66. The van der Waals surface area contributed by atoms with E-state index < -0.39 is 11.8 Å². The second kappa shape index (κ2) is 9.22. The van der Waals surface area contributed by atoms with Crippen molar-refractivity contribution >= 4 is 11.8 Å². The van der Waals surface area contributed by atoms with Gasteiger partial charge in [-0.25, -0.2) is 5.84 Å². The number of rotatable bonds is 8. The van der Waals surface area contributed by atoms with Crippen molar-refractivity contribution in [3.8, 4) is 5.75 Å². The summed E-state index contributed by atoms with van der Waals surface area (Å²) in [4.78, 5) is 22.6. The summed E-state index contributed by atoms with van der Waals surface area (Å²) in [5.74, 6) is 3.75. The Morgan fingerprint density at radius 2 is 1.48 bits per heavy atom. The van der Waals surface area contributed by atoms with Crippen LogP contribution in [0.4, 0.5) is 0 Å². The van der Waals surface area contributed by atoms with Gasteiger partial charge in [0.2, 0.25) is 0 Å². The molecule has 0 bridgehead atoms. The zero-order valence-corrected chi connectivity index (χ0v) is 17.5. The van der Waals surface area contributed by atoms with E-state index in [0.717, 1.165) is 36.0 Å². The monoisotopic (exact) mass is 377 g/mol. The fourth-order valence-corrected chi connectivity index (χ4v) is 2.89. The summed E-state index contributed by atoms with van der Waals surface area (Å²) >= 11 is 0. The fourth-order valence-electron chi connectivity index (χ4n) is 2.89. The molecule has 6 heteroatoms. The van der Waals surface area contributed by atoms with Gasteiger partial charge in [0.25, 0.3) is 0 Å². The Kier molecular flexibility index (Phi) is 7.84. The summed E-state index contributed by atoms with van der Waals surface area (Å²) in [5.41, 5.74) is 4.60. The Bertz CT molecular complexity index is 644. The summed E-state index contributed by atoms with van der Waals surface area (Å²) in [6.45, 7) is 13.2. The SMILES string of the molecule is CCC(C)(C)c1cc(CCCNC(=O)C(=O)NN)cc(C(C)(C)CC)c1O. The van der Waals surface area contributed by atoms with Crippen LogP contribution in [-0.2, 0) is 26.8 Å². The van der Waals surface area contributed by atoms with E-state index in [9.17, 15) is 14.7 Å². The van der Waals surface area contributed by atoms with E-state index >= 15 is 0 Å². The van der Waals surface area contributed by atoms with Crippen molar-refractivity contribution in [3.05, 3.63) is 28.8 Å². The number of amides is 2. The molecule has 6 nitrogen and oxygen atoms in total. The highest BCUT2D eigenvalue weighted by molar-refractivity contribution is 6.34. The molecule has 5 N–H and O–H groups in total. The van der Waals surface area contributed by atoms with Crippen LogP contribution in [0.5, 0.6) is 5.75 Å². The molecule has 0 saturated heterocycles. The number of aryl methyl sites for hydroxylation is 1. The van der Waals surface area contributed by atoms with Crippen molar-refractivity contribution in [2.75, 3.05) is 6.54 Å². The van der Waals surface area contributed by atoms with E-state index in [4.69, 9.17) is 5.84 Å². The summed E-state index contributed by atoms with van der Waals surface area (Å²) < 4.78 is 0. The van der Waals surface area contributed by atoms with Crippen LogP contribution in [0.1, 0.15) is 77.5 Å². The number of nitrogens with one attached hydrogen (secondary N) is 2. The molecule has 0 aromatic heterocycles. The van der Waals surface area contributed by atoms with Gasteiger partial charge >= 0.3 is 11.8 Å². The van der Waals surface area contributed by atoms with Crippen molar-refractivity contribution in [2.45, 2.75) is 78.1 Å². The third-order valence-electron chi connectivity index (χ3n) is 5.66. The zero-order valence-electron chi connectivity index (χ0n) is 17.5. The minimum Gasteiger partial charge on any atom is -0.507 e. The quantitative estimate of drug-likeness (QED) is 0.184. The molecular formula is C21H35N3O3. The highest BCUT2D eigenvalue weighted by Gasteiger charge is 2.29. The van der Waals surface area contributed by atoms with Crippen molar-refractivity contribution in [1.29, 1.82) is 0 Å². The van der Waals surface area contributed by atoms with Gasteiger partial charge in [-0.15, -0.1) is 0 Å². The molecule has 1 aromatic rings. The number of carbonyl (C=O) groups is 2. The first kappa shape index (κ1) is 23.0. The number of hydrogen-bond donors (Lipinski definition) is 4. The van der Waals surface area contributed by atoms with Crippen LogP contribution in [-0.4, -0.2) is 23.5 Å². The molecule has 1 aromatic carbocycles. The van der Waals surface area contributed by atoms with E-state index in [1.165, 1.54) is 0 Å². The Hall–Kier alpha value is -2.08. The number of phenols is 1. The van der Waals surface area contributed by atoms with Gasteiger partial charge in [0, 0.05) is 17.7 Å². The standard InChI is InChI=1S/C21H35N3O3/c1-7-20(3,4)15-12-14(10-9-11-23-18(26)19(27)24-22)13-16(17(15)25)21(5,6)8-2/h12-13,25H,7-11,22H2,1-6H3,(H,23,26)(H,24,27). The summed E-state index contributed by atoms with van der Waals surface area (Å²) in [6.07, 6.45) is 3.26. The van der Waals surface area contributed by atoms with Gasteiger partial charge < -0.3 is 10.4 Å². The molecule has 0 heterocycles. The van der Waals surface area contributed by atoms with Gasteiger partial charge in [-0.3, -0.25) is 15.0 Å². The predicted molar refractivity (Wildman–Crippen MR) is 108 cm³/mol. The number of aromatic hydroxyl groups is 1. The number of hydrazine groups is 1. The Balaban J connectivity index is 3.06. The van der Waals surface area contributed by atoms with Crippen LogP contribution in [0.25, 0.3) is 0 Å². The number of nitrogens with two attached hydrogens (primary N) is 1. The van der Waals surface area contributed by atoms with Gasteiger partial charge in [-0.05, 0) is 42.1 Å². The second-order valence-corrected chi connectivity index (χ2v) is 8.35. The Labute approximate surface area is 162 Å². The maximum Gasteiger partial charge on any atom is 0.323 e. The molecule has 0 aliphatic rings. The zero-order chi connectivity index (χ0) is 20.8. The molecule has 1 rings (SSSR count). The molecule has 152 valence electrons. The van der Waals surface area contributed by atoms with Crippen LogP contribution >= 0.6 is 0 Å². The molecule has 0 atom stereocenters.